The summed E-state index contributed by atoms with van der Waals surface area (Å²) in [6.45, 7) is 6.77. The third kappa shape index (κ3) is 7.98. The van der Waals surface area contributed by atoms with Crippen molar-refractivity contribution >= 4 is 43.4 Å². The SMILES string of the molecule is CCOC(=O)c1c(CCCOc2cccc3ccccc23)c2cccc3c2n1CCCCOCc1c-3c(COc2ccc(N3CCN(S(=O)(=O)C4CC4)CC3)cc2)nn1C. The quantitative estimate of drug-likeness (QED) is 0.0847. The third-order valence-electron chi connectivity index (χ3n) is 12.0. The lowest BCUT2D eigenvalue weighted by Gasteiger charge is -2.35. The molecule has 6 aromatic rings. The second-order valence-electron chi connectivity index (χ2n) is 15.9. The molecule has 9 rings (SSSR count). The zero-order valence-electron chi connectivity index (χ0n) is 34.5. The summed E-state index contributed by atoms with van der Waals surface area (Å²) in [5.74, 6) is 1.24. The number of nitrogens with zero attached hydrogens (tertiary/aromatic N) is 5. The van der Waals surface area contributed by atoms with Gasteiger partial charge in [0.25, 0.3) is 0 Å². The second kappa shape index (κ2) is 17.3. The average molecular weight is 832 g/mol. The van der Waals surface area contributed by atoms with Crippen molar-refractivity contribution < 1.29 is 32.2 Å². The summed E-state index contributed by atoms with van der Waals surface area (Å²) < 4.78 is 56.1. The molecule has 0 unspecified atom stereocenters. The lowest BCUT2D eigenvalue weighted by molar-refractivity contribution is 0.0512. The first kappa shape index (κ1) is 40.1. The van der Waals surface area contributed by atoms with E-state index < -0.39 is 10.0 Å². The molecule has 0 radical (unpaired) electrons. The van der Waals surface area contributed by atoms with Crippen molar-refractivity contribution in [2.45, 2.75) is 70.5 Å². The molecular weight excluding hydrogens is 779 g/mol. The second-order valence-corrected chi connectivity index (χ2v) is 18.1. The maximum Gasteiger partial charge on any atom is 0.355 e. The lowest BCUT2D eigenvalue weighted by Crippen LogP contribution is -2.49. The fourth-order valence-corrected chi connectivity index (χ4v) is 10.7. The molecule has 1 saturated carbocycles. The number of hydrogen-bond donors (Lipinski definition) is 0. The molecule has 12 nitrogen and oxygen atoms in total. The Hall–Kier alpha value is -5.37. The molecule has 0 amide bonds. The molecule has 1 saturated heterocycles. The van der Waals surface area contributed by atoms with Gasteiger partial charge >= 0.3 is 5.97 Å². The summed E-state index contributed by atoms with van der Waals surface area (Å²) in [5, 5.41) is 8.06. The number of aryl methyl sites for hydroxylation is 3. The Bertz CT molecular complexity index is 2600. The van der Waals surface area contributed by atoms with Crippen LogP contribution in [-0.4, -0.2) is 84.3 Å². The van der Waals surface area contributed by atoms with Crippen LogP contribution >= 0.6 is 0 Å². The molecular formula is C47H53N5O7S. The molecule has 2 aliphatic heterocycles. The first-order valence-corrected chi connectivity index (χ1v) is 22.8. The van der Waals surface area contributed by atoms with Crippen LogP contribution in [0, 0.1) is 0 Å². The molecule has 4 aromatic carbocycles. The number of esters is 1. The van der Waals surface area contributed by atoms with Crippen LogP contribution in [-0.2, 0) is 52.7 Å². The first-order chi connectivity index (χ1) is 29.3. The Morgan fingerprint density at radius 3 is 2.43 bits per heavy atom. The summed E-state index contributed by atoms with van der Waals surface area (Å²) >= 11 is 0. The van der Waals surface area contributed by atoms with E-state index in [1.807, 2.05) is 67.2 Å². The number of anilines is 1. The molecule has 314 valence electrons. The largest absolute Gasteiger partial charge is 0.493 e. The highest BCUT2D eigenvalue weighted by atomic mass is 32.2. The molecule has 0 atom stereocenters. The fraction of sp³-hybridized carbons (Fsp3) is 0.404. The number of ether oxygens (including phenoxy) is 4. The van der Waals surface area contributed by atoms with Gasteiger partial charge in [-0.3, -0.25) is 4.68 Å². The predicted octanol–water partition coefficient (Wildman–Crippen LogP) is 7.89. The van der Waals surface area contributed by atoms with Gasteiger partial charge in [0.2, 0.25) is 10.0 Å². The molecule has 60 heavy (non-hydrogen) atoms. The molecule has 0 N–H and O–H groups in total. The fourth-order valence-electron chi connectivity index (χ4n) is 8.87. The van der Waals surface area contributed by atoms with Gasteiger partial charge in [0, 0.05) is 74.0 Å². The van der Waals surface area contributed by atoms with E-state index in [1.54, 1.807) is 4.31 Å². The minimum atomic E-state index is -3.16. The number of sulfonamides is 1. The van der Waals surface area contributed by atoms with Crippen molar-refractivity contribution in [1.29, 1.82) is 0 Å². The van der Waals surface area contributed by atoms with Crippen LogP contribution in [0.15, 0.2) is 84.9 Å². The van der Waals surface area contributed by atoms with E-state index in [0.717, 1.165) is 86.9 Å². The van der Waals surface area contributed by atoms with Crippen molar-refractivity contribution in [2.24, 2.45) is 7.05 Å². The third-order valence-corrected chi connectivity index (χ3v) is 14.4. The van der Waals surface area contributed by atoms with Crippen LogP contribution in [0.4, 0.5) is 5.69 Å². The zero-order valence-corrected chi connectivity index (χ0v) is 35.3. The number of para-hydroxylation sites is 1. The summed E-state index contributed by atoms with van der Waals surface area (Å²) in [6, 6.07) is 28.7. The average Bonchev–Trinajstić information content (AvgIpc) is 4.03. The minimum Gasteiger partial charge on any atom is -0.493 e. The van der Waals surface area contributed by atoms with Gasteiger partial charge in [-0.25, -0.2) is 13.2 Å². The van der Waals surface area contributed by atoms with Crippen LogP contribution in [0.1, 0.15) is 66.5 Å². The maximum absolute atomic E-state index is 14.0. The number of rotatable bonds is 13. The van der Waals surface area contributed by atoms with Gasteiger partial charge in [0.1, 0.15) is 29.5 Å². The number of hydrogen-bond acceptors (Lipinski definition) is 9. The molecule has 13 heteroatoms. The monoisotopic (exact) mass is 831 g/mol. The van der Waals surface area contributed by atoms with Crippen LogP contribution in [0.25, 0.3) is 32.8 Å². The van der Waals surface area contributed by atoms with E-state index in [9.17, 15) is 13.2 Å². The molecule has 3 aliphatic rings. The van der Waals surface area contributed by atoms with E-state index in [1.165, 1.54) is 0 Å². The number of benzene rings is 4. The summed E-state index contributed by atoms with van der Waals surface area (Å²) in [5.41, 5.74) is 7.22. The predicted molar refractivity (Wildman–Crippen MR) is 233 cm³/mol. The van der Waals surface area contributed by atoms with Crippen molar-refractivity contribution in [3.63, 3.8) is 0 Å². The molecule has 0 bridgehead atoms. The smallest absolute Gasteiger partial charge is 0.355 e. The van der Waals surface area contributed by atoms with E-state index in [2.05, 4.69) is 45.9 Å². The van der Waals surface area contributed by atoms with Gasteiger partial charge in [-0.05, 0) is 86.7 Å². The van der Waals surface area contributed by atoms with Crippen molar-refractivity contribution in [3.8, 4) is 22.6 Å². The zero-order chi connectivity index (χ0) is 41.2. The number of carbonyl (C=O) groups excluding carboxylic acids is 1. The van der Waals surface area contributed by atoms with Crippen LogP contribution in [0.5, 0.6) is 11.5 Å². The van der Waals surface area contributed by atoms with Gasteiger partial charge in [-0.15, -0.1) is 0 Å². The Balaban J connectivity index is 0.996. The molecule has 2 aromatic heterocycles. The van der Waals surface area contributed by atoms with Crippen LogP contribution < -0.4 is 14.4 Å². The number of piperazine rings is 1. The van der Waals surface area contributed by atoms with E-state index in [-0.39, 0.29) is 24.4 Å². The number of fused-ring (bicyclic) bond motifs is 3. The van der Waals surface area contributed by atoms with Gasteiger partial charge in [-0.1, -0.05) is 54.6 Å². The van der Waals surface area contributed by atoms with Gasteiger partial charge in [0.05, 0.1) is 36.3 Å². The van der Waals surface area contributed by atoms with E-state index in [4.69, 9.17) is 24.0 Å². The standard InChI is InChI=1S/C47H53N5O7S/c1-3-57-47(53)46-39(16-10-30-58-43-17-8-12-33-11-4-5-13-37(33)43)38-14-9-15-40-44-41(48-49(2)42(44)32-56-29-7-6-24-52(46)45(38)40)31-59-35-20-18-34(19-21-35)50-25-27-51(28-26-50)60(54,55)36-22-23-36/h4-5,8-9,11-15,17-21,36H,3,6-7,10,16,22-32H2,1-2H3. The van der Waals surface area contributed by atoms with Gasteiger partial charge in [0.15, 0.2) is 0 Å². The summed E-state index contributed by atoms with van der Waals surface area (Å²) in [6.07, 6.45) is 4.59. The van der Waals surface area contributed by atoms with E-state index in [0.29, 0.717) is 76.8 Å². The van der Waals surface area contributed by atoms with Gasteiger partial charge in [-0.2, -0.15) is 9.40 Å². The molecule has 2 fully saturated rings. The number of carbonyl (C=O) groups is 1. The Morgan fingerprint density at radius 2 is 1.63 bits per heavy atom. The summed E-state index contributed by atoms with van der Waals surface area (Å²) in [4.78, 5) is 16.2. The lowest BCUT2D eigenvalue weighted by atomic mass is 9.98. The number of aromatic nitrogens is 3. The first-order valence-electron chi connectivity index (χ1n) is 21.3. The molecule has 0 spiro atoms. The molecule has 4 heterocycles. The minimum absolute atomic E-state index is 0.180. The maximum atomic E-state index is 14.0. The highest BCUT2D eigenvalue weighted by Gasteiger charge is 2.41. The van der Waals surface area contributed by atoms with Crippen molar-refractivity contribution in [3.05, 3.63) is 108 Å². The summed E-state index contributed by atoms with van der Waals surface area (Å²) in [7, 11) is -1.22. The molecule has 1 aliphatic carbocycles. The highest BCUT2D eigenvalue weighted by molar-refractivity contribution is 7.90. The normalized spacial score (nSPS) is 16.4. The van der Waals surface area contributed by atoms with Gasteiger partial charge < -0.3 is 28.4 Å². The van der Waals surface area contributed by atoms with E-state index >= 15 is 0 Å². The van der Waals surface area contributed by atoms with Crippen LogP contribution in [0.3, 0.4) is 0 Å². The highest BCUT2D eigenvalue weighted by Crippen LogP contribution is 2.40. The Labute approximate surface area is 351 Å². The van der Waals surface area contributed by atoms with Crippen molar-refractivity contribution in [1.82, 2.24) is 18.7 Å². The Kier molecular flexibility index (Phi) is 11.6. The van der Waals surface area contributed by atoms with Crippen molar-refractivity contribution in [2.75, 3.05) is 50.9 Å². The van der Waals surface area contributed by atoms with Crippen LogP contribution in [0.2, 0.25) is 0 Å². The topological polar surface area (TPSA) is 117 Å². The Morgan fingerprint density at radius 1 is 0.867 bits per heavy atom.